The van der Waals surface area contributed by atoms with Gasteiger partial charge < -0.3 is 9.47 Å². The molecule has 0 spiro atoms. The summed E-state index contributed by atoms with van der Waals surface area (Å²) in [5.74, 6) is 0. The molecule has 14 heavy (non-hydrogen) atoms. The molecule has 74 valence electrons. The molecular weight excluding hydrogens is 180 g/mol. The zero-order chi connectivity index (χ0) is 10.2. The van der Waals surface area contributed by atoms with E-state index < -0.39 is 6.16 Å². The van der Waals surface area contributed by atoms with Crippen molar-refractivity contribution in [2.45, 2.75) is 0 Å². The molecule has 1 aromatic carbocycles. The van der Waals surface area contributed by atoms with Gasteiger partial charge in [-0.1, -0.05) is 43.0 Å². The van der Waals surface area contributed by atoms with Crippen LogP contribution in [0.4, 0.5) is 4.79 Å². The molecule has 0 aromatic heterocycles. The molecule has 1 aromatic rings. The van der Waals surface area contributed by atoms with Gasteiger partial charge in [0.25, 0.3) is 0 Å². The average Bonchev–Trinajstić information content (AvgIpc) is 2.71. The highest BCUT2D eigenvalue weighted by molar-refractivity contribution is 5.61. The second-order valence-electron chi connectivity index (χ2n) is 2.56. The first-order chi connectivity index (χ1) is 6.83. The SMILES string of the molecule is C=Cc1ccccc1.O=C1OCCO1. The number of carbonyl (C=O) groups excluding carboxylic acids is 1. The van der Waals surface area contributed by atoms with Crippen LogP contribution < -0.4 is 0 Å². The first-order valence-electron chi connectivity index (χ1n) is 4.30. The van der Waals surface area contributed by atoms with Crippen molar-refractivity contribution in [2.75, 3.05) is 13.2 Å². The zero-order valence-electron chi connectivity index (χ0n) is 7.81. The van der Waals surface area contributed by atoms with Crippen LogP contribution in [0, 0.1) is 0 Å². The summed E-state index contributed by atoms with van der Waals surface area (Å²) in [7, 11) is 0. The Kier molecular flexibility index (Phi) is 4.27. The first-order valence-corrected chi connectivity index (χ1v) is 4.30. The van der Waals surface area contributed by atoms with Crippen molar-refractivity contribution in [1.82, 2.24) is 0 Å². The highest BCUT2D eigenvalue weighted by atomic mass is 16.8. The van der Waals surface area contributed by atoms with E-state index in [9.17, 15) is 4.79 Å². The summed E-state index contributed by atoms with van der Waals surface area (Å²) in [4.78, 5) is 9.80. The Morgan fingerprint density at radius 1 is 1.14 bits per heavy atom. The molecule has 0 amide bonds. The van der Waals surface area contributed by atoms with Gasteiger partial charge in [0.15, 0.2) is 0 Å². The standard InChI is InChI=1S/C8H8.C3H4O3/c1-2-8-6-4-3-5-7-8;4-3-5-1-2-6-3/h2-7H,1H2;1-2H2. The van der Waals surface area contributed by atoms with Crippen molar-refractivity contribution >= 4 is 12.2 Å². The van der Waals surface area contributed by atoms with Gasteiger partial charge in [0.1, 0.15) is 13.2 Å². The van der Waals surface area contributed by atoms with E-state index in [1.807, 2.05) is 36.4 Å². The molecule has 1 fully saturated rings. The minimum absolute atomic E-state index is 0.416. The fourth-order valence-electron chi connectivity index (χ4n) is 0.881. The number of ether oxygens (including phenoxy) is 2. The number of hydrogen-bond donors (Lipinski definition) is 0. The molecule has 1 aliphatic rings. The lowest BCUT2D eigenvalue weighted by Crippen LogP contribution is -1.88. The molecule has 1 aliphatic heterocycles. The molecule has 1 saturated heterocycles. The number of benzene rings is 1. The Balaban J connectivity index is 0.000000146. The maximum Gasteiger partial charge on any atom is 0.508 e. The van der Waals surface area contributed by atoms with Gasteiger partial charge in [-0.05, 0) is 5.56 Å². The van der Waals surface area contributed by atoms with Crippen LogP contribution in [-0.2, 0) is 9.47 Å². The Labute approximate surface area is 83.0 Å². The summed E-state index contributed by atoms with van der Waals surface area (Å²) < 4.78 is 8.58. The molecule has 3 nitrogen and oxygen atoms in total. The molecule has 0 N–H and O–H groups in total. The predicted octanol–water partition coefficient (Wildman–Crippen LogP) is 2.48. The molecule has 0 bridgehead atoms. The van der Waals surface area contributed by atoms with E-state index in [2.05, 4.69) is 16.1 Å². The molecule has 0 unspecified atom stereocenters. The van der Waals surface area contributed by atoms with E-state index in [4.69, 9.17) is 0 Å². The predicted molar refractivity (Wildman–Crippen MR) is 53.8 cm³/mol. The molecule has 2 rings (SSSR count). The van der Waals surface area contributed by atoms with E-state index in [1.165, 1.54) is 5.56 Å². The first kappa shape index (κ1) is 10.3. The normalized spacial score (nSPS) is 13.3. The van der Waals surface area contributed by atoms with Crippen molar-refractivity contribution in [2.24, 2.45) is 0 Å². The highest BCUT2D eigenvalue weighted by Crippen LogP contribution is 1.97. The second-order valence-corrected chi connectivity index (χ2v) is 2.56. The Morgan fingerprint density at radius 3 is 2.00 bits per heavy atom. The van der Waals surface area contributed by atoms with Gasteiger partial charge in [0.2, 0.25) is 0 Å². The van der Waals surface area contributed by atoms with Crippen LogP contribution in [0.1, 0.15) is 5.56 Å². The van der Waals surface area contributed by atoms with E-state index in [0.29, 0.717) is 13.2 Å². The topological polar surface area (TPSA) is 35.5 Å². The van der Waals surface area contributed by atoms with E-state index in [0.717, 1.165) is 0 Å². The minimum Gasteiger partial charge on any atom is -0.431 e. The summed E-state index contributed by atoms with van der Waals surface area (Å²) in [6, 6.07) is 10.0. The van der Waals surface area contributed by atoms with Crippen molar-refractivity contribution in [3.63, 3.8) is 0 Å². The lowest BCUT2D eigenvalue weighted by atomic mass is 10.2. The van der Waals surface area contributed by atoms with E-state index in [1.54, 1.807) is 0 Å². The maximum atomic E-state index is 9.80. The molecule has 0 atom stereocenters. The average molecular weight is 192 g/mol. The molecule has 0 aliphatic carbocycles. The van der Waals surface area contributed by atoms with Crippen LogP contribution in [-0.4, -0.2) is 19.4 Å². The molecular formula is C11H12O3. The van der Waals surface area contributed by atoms with Crippen LogP contribution in [0.3, 0.4) is 0 Å². The summed E-state index contributed by atoms with van der Waals surface area (Å²) in [6.07, 6.45) is 1.29. The summed E-state index contributed by atoms with van der Waals surface area (Å²) in [5, 5.41) is 0. The van der Waals surface area contributed by atoms with Gasteiger partial charge in [0, 0.05) is 0 Å². The third-order valence-corrected chi connectivity index (χ3v) is 1.56. The summed E-state index contributed by atoms with van der Waals surface area (Å²) in [5.41, 5.74) is 1.17. The van der Waals surface area contributed by atoms with E-state index in [-0.39, 0.29) is 0 Å². The van der Waals surface area contributed by atoms with Gasteiger partial charge in [0.05, 0.1) is 0 Å². The van der Waals surface area contributed by atoms with Crippen molar-refractivity contribution in [3.8, 4) is 0 Å². The van der Waals surface area contributed by atoms with Crippen LogP contribution in [0.15, 0.2) is 36.9 Å². The van der Waals surface area contributed by atoms with Gasteiger partial charge >= 0.3 is 6.16 Å². The third-order valence-electron chi connectivity index (χ3n) is 1.56. The number of carbonyl (C=O) groups is 1. The molecule has 0 radical (unpaired) electrons. The number of cyclic esters (lactones) is 2. The largest absolute Gasteiger partial charge is 0.508 e. The zero-order valence-corrected chi connectivity index (χ0v) is 7.81. The highest BCUT2D eigenvalue weighted by Gasteiger charge is 2.09. The van der Waals surface area contributed by atoms with Crippen molar-refractivity contribution in [3.05, 3.63) is 42.5 Å². The molecule has 1 heterocycles. The molecule has 3 heteroatoms. The van der Waals surface area contributed by atoms with Gasteiger partial charge in [-0.15, -0.1) is 0 Å². The number of rotatable bonds is 1. The maximum absolute atomic E-state index is 9.80. The van der Waals surface area contributed by atoms with Crippen molar-refractivity contribution in [1.29, 1.82) is 0 Å². The van der Waals surface area contributed by atoms with Gasteiger partial charge in [-0.2, -0.15) is 0 Å². The van der Waals surface area contributed by atoms with Crippen LogP contribution >= 0.6 is 0 Å². The van der Waals surface area contributed by atoms with Crippen LogP contribution in [0.25, 0.3) is 6.08 Å². The monoisotopic (exact) mass is 192 g/mol. The Hall–Kier alpha value is -1.77. The quantitative estimate of drug-likeness (QED) is 0.641. The number of hydrogen-bond acceptors (Lipinski definition) is 3. The minimum atomic E-state index is -0.546. The third kappa shape index (κ3) is 3.76. The van der Waals surface area contributed by atoms with Crippen LogP contribution in [0.2, 0.25) is 0 Å². The second kappa shape index (κ2) is 5.80. The van der Waals surface area contributed by atoms with E-state index >= 15 is 0 Å². The Morgan fingerprint density at radius 2 is 1.71 bits per heavy atom. The Bertz CT molecular complexity index is 285. The van der Waals surface area contributed by atoms with Crippen LogP contribution in [0.5, 0.6) is 0 Å². The fraction of sp³-hybridized carbons (Fsp3) is 0.182. The fourth-order valence-corrected chi connectivity index (χ4v) is 0.881. The van der Waals surface area contributed by atoms with Crippen molar-refractivity contribution < 1.29 is 14.3 Å². The lowest BCUT2D eigenvalue weighted by molar-refractivity contribution is 0.131. The van der Waals surface area contributed by atoms with Gasteiger partial charge in [-0.25, -0.2) is 4.79 Å². The molecule has 0 saturated carbocycles. The summed E-state index contributed by atoms with van der Waals surface area (Å²) in [6.45, 7) is 4.46. The smallest absolute Gasteiger partial charge is 0.431 e. The lowest BCUT2D eigenvalue weighted by Gasteiger charge is -1.85. The van der Waals surface area contributed by atoms with Gasteiger partial charge in [-0.3, -0.25) is 0 Å². The summed E-state index contributed by atoms with van der Waals surface area (Å²) >= 11 is 0.